The molecule has 0 radical (unpaired) electrons. The number of benzene rings is 1. The van der Waals surface area contributed by atoms with Gasteiger partial charge in [0.05, 0.1) is 0 Å². The van der Waals surface area contributed by atoms with E-state index in [-0.39, 0.29) is 11.8 Å². The van der Waals surface area contributed by atoms with Crippen LogP contribution >= 0.6 is 11.6 Å². The van der Waals surface area contributed by atoms with Crippen molar-refractivity contribution in [1.82, 2.24) is 5.32 Å². The Bertz CT molecular complexity index is 595. The summed E-state index contributed by atoms with van der Waals surface area (Å²) in [4.78, 5) is 23.4. The molecule has 0 unspecified atom stereocenters. The van der Waals surface area contributed by atoms with Gasteiger partial charge in [-0.1, -0.05) is 17.7 Å². The third-order valence-corrected chi connectivity index (χ3v) is 4.81. The Kier molecular flexibility index (Phi) is 3.40. The highest BCUT2D eigenvalue weighted by Crippen LogP contribution is 2.51. The summed E-state index contributed by atoms with van der Waals surface area (Å²) in [5.41, 5.74) is -0.763. The van der Waals surface area contributed by atoms with Crippen molar-refractivity contribution in [2.45, 2.75) is 37.1 Å². The molecule has 0 spiro atoms. The second-order valence-corrected chi connectivity index (χ2v) is 6.22. The summed E-state index contributed by atoms with van der Waals surface area (Å²) in [5.74, 6) is -2.38. The monoisotopic (exact) mass is 311 g/mol. The van der Waals surface area contributed by atoms with Crippen molar-refractivity contribution >= 4 is 23.5 Å². The first-order valence-electron chi connectivity index (χ1n) is 6.94. The summed E-state index contributed by atoms with van der Waals surface area (Å²) in [5, 5.41) is 12.1. The number of hydrogen-bond acceptors (Lipinski definition) is 2. The maximum absolute atomic E-state index is 13.8. The van der Waals surface area contributed by atoms with E-state index in [0.717, 1.165) is 6.42 Å². The van der Waals surface area contributed by atoms with E-state index in [1.54, 1.807) is 6.07 Å². The van der Waals surface area contributed by atoms with Crippen LogP contribution in [0, 0.1) is 11.7 Å². The first kappa shape index (κ1) is 14.3. The molecule has 0 heterocycles. The van der Waals surface area contributed by atoms with Gasteiger partial charge in [0.1, 0.15) is 11.4 Å². The van der Waals surface area contributed by atoms with Crippen molar-refractivity contribution < 1.29 is 19.1 Å². The molecule has 2 aliphatic carbocycles. The minimum atomic E-state index is -1.12. The molecular formula is C15H15ClFNO3. The number of nitrogens with one attached hydrogen (secondary N) is 1. The molecule has 2 saturated carbocycles. The Morgan fingerprint density at radius 1 is 1.38 bits per heavy atom. The third kappa shape index (κ3) is 2.39. The molecule has 21 heavy (non-hydrogen) atoms. The van der Waals surface area contributed by atoms with Crippen LogP contribution in [0.5, 0.6) is 0 Å². The summed E-state index contributed by atoms with van der Waals surface area (Å²) in [6.45, 7) is 0. The van der Waals surface area contributed by atoms with Gasteiger partial charge in [-0.25, -0.2) is 9.18 Å². The van der Waals surface area contributed by atoms with Crippen LogP contribution in [0.15, 0.2) is 18.2 Å². The smallest absolute Gasteiger partial charge is 0.329 e. The molecule has 4 nitrogen and oxygen atoms in total. The molecule has 6 heteroatoms. The number of carbonyl (C=O) groups is 2. The average molecular weight is 312 g/mol. The molecule has 0 saturated heterocycles. The zero-order valence-corrected chi connectivity index (χ0v) is 12.0. The van der Waals surface area contributed by atoms with Gasteiger partial charge in [0.2, 0.25) is 5.91 Å². The van der Waals surface area contributed by atoms with Crippen LogP contribution in [-0.4, -0.2) is 22.5 Å². The number of rotatable bonds is 4. The van der Waals surface area contributed by atoms with Crippen molar-refractivity contribution in [1.29, 1.82) is 0 Å². The molecule has 1 aromatic rings. The SMILES string of the molecule is O=C(NC1(C(=O)O)CCC1)[C@@H]1C[C@H]1c1c(F)cccc1Cl. The Morgan fingerprint density at radius 2 is 2.10 bits per heavy atom. The second-order valence-electron chi connectivity index (χ2n) is 5.81. The van der Waals surface area contributed by atoms with Crippen LogP contribution in [0.2, 0.25) is 5.02 Å². The summed E-state index contributed by atoms with van der Waals surface area (Å²) in [6.07, 6.45) is 2.19. The topological polar surface area (TPSA) is 66.4 Å². The zero-order valence-electron chi connectivity index (χ0n) is 11.2. The molecule has 1 aromatic carbocycles. The van der Waals surface area contributed by atoms with Gasteiger partial charge in [-0.05, 0) is 37.8 Å². The van der Waals surface area contributed by atoms with E-state index >= 15 is 0 Å². The summed E-state index contributed by atoms with van der Waals surface area (Å²) in [6, 6.07) is 4.43. The van der Waals surface area contributed by atoms with Crippen LogP contribution in [0.1, 0.15) is 37.2 Å². The molecule has 0 aromatic heterocycles. The molecule has 0 aliphatic heterocycles. The number of amides is 1. The zero-order chi connectivity index (χ0) is 15.2. The fourth-order valence-corrected chi connectivity index (χ4v) is 3.22. The molecule has 2 fully saturated rings. The van der Waals surface area contributed by atoms with Gasteiger partial charge in [0.15, 0.2) is 0 Å². The fourth-order valence-electron chi connectivity index (χ4n) is 2.92. The lowest BCUT2D eigenvalue weighted by Gasteiger charge is -2.38. The standard InChI is InChI=1S/C15H15ClFNO3/c16-10-3-1-4-11(17)12(10)8-7-9(8)13(19)18-15(14(20)21)5-2-6-15/h1,3-4,8-9H,2,5-7H2,(H,18,19)(H,20,21)/t8-,9-/m1/s1. The van der Waals surface area contributed by atoms with Gasteiger partial charge < -0.3 is 10.4 Å². The van der Waals surface area contributed by atoms with Crippen molar-refractivity contribution in [3.8, 4) is 0 Å². The van der Waals surface area contributed by atoms with Crippen LogP contribution in [0.4, 0.5) is 4.39 Å². The average Bonchev–Trinajstić information content (AvgIpc) is 3.13. The highest BCUT2D eigenvalue weighted by Gasteiger charge is 2.51. The fraction of sp³-hybridized carbons (Fsp3) is 0.467. The summed E-state index contributed by atoms with van der Waals surface area (Å²) >= 11 is 5.99. The van der Waals surface area contributed by atoms with Gasteiger partial charge in [0, 0.05) is 22.4 Å². The van der Waals surface area contributed by atoms with Gasteiger partial charge >= 0.3 is 5.97 Å². The van der Waals surface area contributed by atoms with E-state index in [4.69, 9.17) is 11.6 Å². The Balaban J connectivity index is 1.71. The second kappa shape index (κ2) is 4.98. The maximum Gasteiger partial charge on any atom is 0.329 e. The van der Waals surface area contributed by atoms with Gasteiger partial charge in [-0.3, -0.25) is 4.79 Å². The number of carboxylic acid groups (broad SMARTS) is 1. The van der Waals surface area contributed by atoms with Gasteiger partial charge in [-0.15, -0.1) is 0 Å². The number of aliphatic carboxylic acids is 1. The van der Waals surface area contributed by atoms with Gasteiger partial charge in [-0.2, -0.15) is 0 Å². The molecule has 0 bridgehead atoms. The molecular weight excluding hydrogens is 297 g/mol. The van der Waals surface area contributed by atoms with Crippen LogP contribution in [0.25, 0.3) is 0 Å². The first-order valence-corrected chi connectivity index (χ1v) is 7.32. The highest BCUT2D eigenvalue weighted by atomic mass is 35.5. The number of carboxylic acids is 1. The molecule has 2 aliphatic rings. The normalized spacial score (nSPS) is 25.8. The van der Waals surface area contributed by atoms with Crippen molar-refractivity contribution in [2.75, 3.05) is 0 Å². The predicted molar refractivity (Wildman–Crippen MR) is 74.6 cm³/mol. The molecule has 1 amide bonds. The predicted octanol–water partition coefficient (Wildman–Crippen LogP) is 2.71. The summed E-state index contributed by atoms with van der Waals surface area (Å²) in [7, 11) is 0. The van der Waals surface area contributed by atoms with Crippen molar-refractivity contribution in [2.24, 2.45) is 5.92 Å². The molecule has 2 atom stereocenters. The Labute approximate surface area is 126 Å². The first-order chi connectivity index (χ1) is 9.94. The maximum atomic E-state index is 13.8. The number of hydrogen-bond donors (Lipinski definition) is 2. The van der Waals surface area contributed by atoms with E-state index < -0.39 is 23.2 Å². The van der Waals surface area contributed by atoms with E-state index in [1.807, 2.05) is 0 Å². The lowest BCUT2D eigenvalue weighted by Crippen LogP contribution is -2.59. The lowest BCUT2D eigenvalue weighted by atomic mass is 9.76. The van der Waals surface area contributed by atoms with Crippen LogP contribution in [-0.2, 0) is 9.59 Å². The van der Waals surface area contributed by atoms with Crippen LogP contribution in [0.3, 0.4) is 0 Å². The minimum Gasteiger partial charge on any atom is -0.480 e. The molecule has 2 N–H and O–H groups in total. The molecule has 3 rings (SSSR count). The van der Waals surface area contributed by atoms with Crippen molar-refractivity contribution in [3.05, 3.63) is 34.6 Å². The quantitative estimate of drug-likeness (QED) is 0.898. The Morgan fingerprint density at radius 3 is 2.62 bits per heavy atom. The summed E-state index contributed by atoms with van der Waals surface area (Å²) < 4.78 is 13.8. The third-order valence-electron chi connectivity index (χ3n) is 4.48. The van der Waals surface area contributed by atoms with E-state index in [9.17, 15) is 19.1 Å². The van der Waals surface area contributed by atoms with E-state index in [1.165, 1.54) is 12.1 Å². The lowest BCUT2D eigenvalue weighted by molar-refractivity contribution is -0.152. The minimum absolute atomic E-state index is 0.260. The van der Waals surface area contributed by atoms with Crippen LogP contribution < -0.4 is 5.32 Å². The van der Waals surface area contributed by atoms with E-state index in [2.05, 4.69) is 5.32 Å². The Hall–Kier alpha value is -1.62. The number of halogens is 2. The molecule has 112 valence electrons. The van der Waals surface area contributed by atoms with E-state index in [0.29, 0.717) is 29.8 Å². The number of carbonyl (C=O) groups excluding carboxylic acids is 1. The highest BCUT2D eigenvalue weighted by molar-refractivity contribution is 6.31. The largest absolute Gasteiger partial charge is 0.480 e. The van der Waals surface area contributed by atoms with Crippen molar-refractivity contribution in [3.63, 3.8) is 0 Å². The van der Waals surface area contributed by atoms with Gasteiger partial charge in [0.25, 0.3) is 0 Å².